The van der Waals surface area contributed by atoms with Gasteiger partial charge in [0, 0.05) is 55.5 Å². The van der Waals surface area contributed by atoms with Crippen molar-refractivity contribution < 1.29 is 19.2 Å². The molecule has 2 aromatic carbocycles. The SMILES string of the molecule is CCCC(C)NCCNC(=O)c1ccc(N2CCC(N3C(=O)OCc4ccccc43)CC2)c([N+](=O)[O-])c1. The van der Waals surface area contributed by atoms with Crippen molar-refractivity contribution in [1.29, 1.82) is 0 Å². The highest BCUT2D eigenvalue weighted by molar-refractivity contribution is 5.96. The van der Waals surface area contributed by atoms with Gasteiger partial charge in [-0.25, -0.2) is 4.79 Å². The molecule has 1 fully saturated rings. The molecule has 37 heavy (non-hydrogen) atoms. The smallest absolute Gasteiger partial charge is 0.414 e. The van der Waals surface area contributed by atoms with Crippen LogP contribution >= 0.6 is 0 Å². The van der Waals surface area contributed by atoms with Crippen LogP contribution in [0.15, 0.2) is 42.5 Å². The summed E-state index contributed by atoms with van der Waals surface area (Å²) in [7, 11) is 0. The van der Waals surface area contributed by atoms with Gasteiger partial charge in [-0.15, -0.1) is 0 Å². The molecule has 2 aliphatic heterocycles. The standard InChI is InChI=1S/C27H35N5O5/c1-3-6-19(2)28-13-14-29-26(33)20-9-10-24(25(17-20)32(35)36)30-15-11-22(12-16-30)31-23-8-5-4-7-21(23)18-37-27(31)34/h4-5,7-10,17,19,22,28H,3,6,11-16,18H2,1-2H3,(H,29,33). The van der Waals surface area contributed by atoms with Gasteiger partial charge < -0.3 is 20.3 Å². The number of benzene rings is 2. The molecule has 1 unspecified atom stereocenters. The lowest BCUT2D eigenvalue weighted by molar-refractivity contribution is -0.384. The van der Waals surface area contributed by atoms with Gasteiger partial charge in [0.25, 0.3) is 11.6 Å². The van der Waals surface area contributed by atoms with E-state index in [1.54, 1.807) is 17.0 Å². The molecule has 1 atom stereocenters. The van der Waals surface area contributed by atoms with E-state index in [-0.39, 0.29) is 35.9 Å². The van der Waals surface area contributed by atoms with Crippen molar-refractivity contribution in [3.05, 3.63) is 63.7 Å². The molecule has 0 spiro atoms. The molecule has 2 aromatic rings. The Morgan fingerprint density at radius 2 is 1.92 bits per heavy atom. The van der Waals surface area contributed by atoms with Crippen LogP contribution in [0, 0.1) is 10.1 Å². The van der Waals surface area contributed by atoms with Gasteiger partial charge in [-0.2, -0.15) is 0 Å². The molecule has 2 heterocycles. The highest BCUT2D eigenvalue weighted by atomic mass is 16.6. The zero-order valence-electron chi connectivity index (χ0n) is 21.4. The summed E-state index contributed by atoms with van der Waals surface area (Å²) in [6.07, 6.45) is 3.09. The van der Waals surface area contributed by atoms with Gasteiger partial charge in [0.15, 0.2) is 0 Å². The van der Waals surface area contributed by atoms with Crippen LogP contribution in [-0.4, -0.2) is 55.2 Å². The van der Waals surface area contributed by atoms with E-state index >= 15 is 0 Å². The first-order valence-corrected chi connectivity index (χ1v) is 13.0. The van der Waals surface area contributed by atoms with E-state index in [4.69, 9.17) is 4.74 Å². The van der Waals surface area contributed by atoms with Crippen LogP contribution in [0.25, 0.3) is 0 Å². The Bertz CT molecular complexity index is 1130. The number of nitro benzene ring substituents is 1. The monoisotopic (exact) mass is 509 g/mol. The molecular formula is C27H35N5O5. The Hall–Kier alpha value is -3.66. The summed E-state index contributed by atoms with van der Waals surface area (Å²) in [5.41, 5.74) is 2.49. The molecule has 2 N–H and O–H groups in total. The first-order chi connectivity index (χ1) is 17.9. The summed E-state index contributed by atoms with van der Waals surface area (Å²) >= 11 is 0. The number of carbonyl (C=O) groups is 2. The number of amides is 2. The lowest BCUT2D eigenvalue weighted by Crippen LogP contribution is -2.49. The molecule has 10 nitrogen and oxygen atoms in total. The fraction of sp³-hybridized carbons (Fsp3) is 0.481. The van der Waals surface area contributed by atoms with Crippen LogP contribution in [-0.2, 0) is 11.3 Å². The molecule has 2 aliphatic rings. The van der Waals surface area contributed by atoms with Crippen LogP contribution in [0.3, 0.4) is 0 Å². The largest absolute Gasteiger partial charge is 0.444 e. The Kier molecular flexibility index (Phi) is 8.60. The molecule has 0 radical (unpaired) electrons. The van der Waals surface area contributed by atoms with E-state index < -0.39 is 4.92 Å². The highest BCUT2D eigenvalue weighted by Crippen LogP contribution is 2.35. The molecular weight excluding hydrogens is 474 g/mol. The number of para-hydroxylation sites is 1. The van der Waals surface area contributed by atoms with Crippen molar-refractivity contribution in [2.24, 2.45) is 0 Å². The van der Waals surface area contributed by atoms with Crippen molar-refractivity contribution in [3.63, 3.8) is 0 Å². The number of rotatable bonds is 10. The third-order valence-electron chi connectivity index (χ3n) is 7.03. The fourth-order valence-corrected chi connectivity index (χ4v) is 5.10. The molecule has 10 heteroatoms. The Morgan fingerprint density at radius 3 is 2.65 bits per heavy atom. The number of hydrogen-bond acceptors (Lipinski definition) is 7. The second kappa shape index (κ2) is 12.1. The lowest BCUT2D eigenvalue weighted by atomic mass is 9.99. The zero-order chi connectivity index (χ0) is 26.4. The molecule has 0 bridgehead atoms. The predicted octanol–water partition coefficient (Wildman–Crippen LogP) is 4.23. The molecule has 1 saturated heterocycles. The van der Waals surface area contributed by atoms with Gasteiger partial charge in [-0.1, -0.05) is 31.5 Å². The Balaban J connectivity index is 1.39. The third kappa shape index (κ3) is 6.19. The van der Waals surface area contributed by atoms with E-state index in [2.05, 4.69) is 24.5 Å². The quantitative estimate of drug-likeness (QED) is 0.280. The fourth-order valence-electron chi connectivity index (χ4n) is 5.10. The summed E-state index contributed by atoms with van der Waals surface area (Å²) in [4.78, 5) is 40.3. The maximum absolute atomic E-state index is 12.6. The van der Waals surface area contributed by atoms with Gasteiger partial charge >= 0.3 is 6.09 Å². The van der Waals surface area contributed by atoms with Crippen molar-refractivity contribution in [2.45, 2.75) is 58.2 Å². The summed E-state index contributed by atoms with van der Waals surface area (Å²) in [6, 6.07) is 12.7. The average Bonchev–Trinajstić information content (AvgIpc) is 2.91. The van der Waals surface area contributed by atoms with Crippen LogP contribution in [0.2, 0.25) is 0 Å². The van der Waals surface area contributed by atoms with Crippen molar-refractivity contribution >= 4 is 29.1 Å². The van der Waals surface area contributed by atoms with E-state index in [0.717, 1.165) is 24.1 Å². The van der Waals surface area contributed by atoms with E-state index in [9.17, 15) is 19.7 Å². The summed E-state index contributed by atoms with van der Waals surface area (Å²) < 4.78 is 5.37. The van der Waals surface area contributed by atoms with Crippen molar-refractivity contribution in [3.8, 4) is 0 Å². The third-order valence-corrected chi connectivity index (χ3v) is 7.03. The van der Waals surface area contributed by atoms with Crippen LogP contribution in [0.5, 0.6) is 0 Å². The summed E-state index contributed by atoms with van der Waals surface area (Å²) in [5, 5.41) is 18.1. The topological polar surface area (TPSA) is 117 Å². The summed E-state index contributed by atoms with van der Waals surface area (Å²) in [5.74, 6) is -0.333. The minimum Gasteiger partial charge on any atom is -0.444 e. The number of hydrogen-bond donors (Lipinski definition) is 2. The number of cyclic esters (lactones) is 1. The van der Waals surface area contributed by atoms with E-state index in [1.165, 1.54) is 6.07 Å². The number of piperidine rings is 1. The van der Waals surface area contributed by atoms with E-state index in [1.807, 2.05) is 29.2 Å². The van der Waals surface area contributed by atoms with Crippen LogP contribution in [0.1, 0.15) is 55.5 Å². The number of anilines is 2. The molecule has 0 aliphatic carbocycles. The summed E-state index contributed by atoms with van der Waals surface area (Å²) in [6.45, 7) is 6.67. The average molecular weight is 510 g/mol. The van der Waals surface area contributed by atoms with Crippen LogP contribution in [0.4, 0.5) is 21.9 Å². The zero-order valence-corrected chi connectivity index (χ0v) is 21.4. The van der Waals surface area contributed by atoms with Gasteiger partial charge in [0.2, 0.25) is 0 Å². The Morgan fingerprint density at radius 1 is 1.16 bits per heavy atom. The number of nitrogens with zero attached hydrogens (tertiary/aromatic N) is 3. The molecule has 4 rings (SSSR count). The normalized spacial score (nSPS) is 16.6. The number of fused-ring (bicyclic) bond motifs is 1. The minimum absolute atomic E-state index is 0.0528. The molecule has 0 aromatic heterocycles. The molecule has 198 valence electrons. The molecule has 0 saturated carbocycles. The van der Waals surface area contributed by atoms with Gasteiger partial charge in [0.1, 0.15) is 12.3 Å². The van der Waals surface area contributed by atoms with E-state index in [0.29, 0.717) is 50.7 Å². The highest BCUT2D eigenvalue weighted by Gasteiger charge is 2.35. The lowest BCUT2D eigenvalue weighted by Gasteiger charge is -2.40. The maximum Gasteiger partial charge on any atom is 0.414 e. The second-order valence-electron chi connectivity index (χ2n) is 9.63. The number of nitrogens with one attached hydrogen (secondary N) is 2. The number of nitro groups is 1. The predicted molar refractivity (Wildman–Crippen MR) is 142 cm³/mol. The Labute approximate surface area is 217 Å². The van der Waals surface area contributed by atoms with Crippen molar-refractivity contribution in [1.82, 2.24) is 10.6 Å². The minimum atomic E-state index is -0.440. The first-order valence-electron chi connectivity index (χ1n) is 13.0. The van der Waals surface area contributed by atoms with Crippen LogP contribution < -0.4 is 20.4 Å². The van der Waals surface area contributed by atoms with Gasteiger partial charge in [0.05, 0.1) is 10.6 Å². The molecule has 2 amide bonds. The first kappa shape index (κ1) is 26.4. The van der Waals surface area contributed by atoms with Gasteiger partial charge in [-0.05, 0) is 44.4 Å². The second-order valence-corrected chi connectivity index (χ2v) is 9.63. The van der Waals surface area contributed by atoms with Crippen molar-refractivity contribution in [2.75, 3.05) is 36.0 Å². The number of ether oxygens (including phenoxy) is 1. The number of carbonyl (C=O) groups excluding carboxylic acids is 2. The van der Waals surface area contributed by atoms with Gasteiger partial charge in [-0.3, -0.25) is 19.8 Å². The maximum atomic E-state index is 12.6.